The van der Waals surface area contributed by atoms with Gasteiger partial charge in [-0.15, -0.1) is 0 Å². The fourth-order valence-electron chi connectivity index (χ4n) is 2.62. The minimum atomic E-state index is -0.414. The minimum absolute atomic E-state index is 0.0323. The van der Waals surface area contributed by atoms with Crippen LogP contribution >= 0.6 is 35.0 Å². The normalized spacial score (nSPS) is 24.7. The van der Waals surface area contributed by atoms with Gasteiger partial charge in [0.1, 0.15) is 5.82 Å². The van der Waals surface area contributed by atoms with Crippen LogP contribution in [0.2, 0.25) is 10.0 Å². The van der Waals surface area contributed by atoms with E-state index in [1.54, 1.807) is 0 Å². The maximum absolute atomic E-state index is 13.5. The predicted octanol–water partition coefficient (Wildman–Crippen LogP) is 5.07. The first-order valence-corrected chi connectivity index (χ1v) is 8.49. The van der Waals surface area contributed by atoms with E-state index < -0.39 is 5.82 Å². The van der Waals surface area contributed by atoms with Gasteiger partial charge in [-0.3, -0.25) is 0 Å². The van der Waals surface area contributed by atoms with Gasteiger partial charge in [0.2, 0.25) is 0 Å². The molecule has 3 atom stereocenters. The van der Waals surface area contributed by atoms with Gasteiger partial charge in [-0.25, -0.2) is 4.39 Å². The van der Waals surface area contributed by atoms with E-state index in [4.69, 9.17) is 23.2 Å². The Morgan fingerprint density at radius 3 is 2.68 bits per heavy atom. The van der Waals surface area contributed by atoms with Gasteiger partial charge in [-0.1, -0.05) is 23.2 Å². The highest BCUT2D eigenvalue weighted by Crippen LogP contribution is 2.32. The molecular weight excluding hydrogens is 304 g/mol. The van der Waals surface area contributed by atoms with E-state index in [0.717, 1.165) is 10.8 Å². The molecule has 0 aromatic heterocycles. The molecule has 0 radical (unpaired) electrons. The molecule has 1 fully saturated rings. The zero-order valence-electron chi connectivity index (χ0n) is 11.1. The van der Waals surface area contributed by atoms with Crippen molar-refractivity contribution in [3.05, 3.63) is 33.6 Å². The fraction of sp³-hybridized carbons (Fsp3) is 0.571. The second-order valence-corrected chi connectivity index (χ2v) is 7.00. The molecule has 0 aliphatic heterocycles. The van der Waals surface area contributed by atoms with Gasteiger partial charge in [0.25, 0.3) is 0 Å². The molecule has 0 saturated heterocycles. The van der Waals surface area contributed by atoms with Crippen molar-refractivity contribution in [2.24, 2.45) is 0 Å². The zero-order chi connectivity index (χ0) is 14.0. The van der Waals surface area contributed by atoms with Crippen molar-refractivity contribution in [3.8, 4) is 0 Å². The van der Waals surface area contributed by atoms with Crippen LogP contribution in [0.3, 0.4) is 0 Å². The average molecular weight is 322 g/mol. The molecule has 3 unspecified atom stereocenters. The third-order valence-corrected chi connectivity index (χ3v) is 5.42. The van der Waals surface area contributed by atoms with Gasteiger partial charge in [-0.2, -0.15) is 11.8 Å². The Balaban J connectivity index is 2.04. The molecule has 19 heavy (non-hydrogen) atoms. The van der Waals surface area contributed by atoms with E-state index in [1.807, 2.05) is 18.7 Å². The van der Waals surface area contributed by atoms with E-state index in [0.29, 0.717) is 11.1 Å². The summed E-state index contributed by atoms with van der Waals surface area (Å²) >= 11 is 13.8. The third kappa shape index (κ3) is 3.78. The Hall–Kier alpha value is 0.0400. The first-order valence-electron chi connectivity index (χ1n) is 6.44. The van der Waals surface area contributed by atoms with Crippen LogP contribution in [-0.2, 0) is 0 Å². The summed E-state index contributed by atoms with van der Waals surface area (Å²) in [5.41, 5.74) is 0.774. The molecule has 0 heterocycles. The topological polar surface area (TPSA) is 12.0 Å². The highest BCUT2D eigenvalue weighted by Gasteiger charge is 2.25. The minimum Gasteiger partial charge on any atom is -0.307 e. The largest absolute Gasteiger partial charge is 0.307 e. The molecule has 1 aliphatic carbocycles. The Labute approximate surface area is 128 Å². The molecule has 1 aromatic rings. The molecular formula is C14H18Cl2FNS. The lowest BCUT2D eigenvalue weighted by atomic mass is 10.1. The molecule has 106 valence electrons. The monoisotopic (exact) mass is 321 g/mol. The first kappa shape index (κ1) is 15.4. The van der Waals surface area contributed by atoms with Crippen LogP contribution in [0.1, 0.15) is 37.8 Å². The number of halogens is 3. The van der Waals surface area contributed by atoms with E-state index in [9.17, 15) is 4.39 Å². The predicted molar refractivity (Wildman–Crippen MR) is 82.9 cm³/mol. The zero-order valence-corrected chi connectivity index (χ0v) is 13.4. The molecule has 0 bridgehead atoms. The Morgan fingerprint density at radius 2 is 2.05 bits per heavy atom. The summed E-state index contributed by atoms with van der Waals surface area (Å²) in [6.45, 7) is 2.01. The van der Waals surface area contributed by atoms with E-state index in [2.05, 4.69) is 11.6 Å². The van der Waals surface area contributed by atoms with Crippen LogP contribution < -0.4 is 5.32 Å². The third-order valence-electron chi connectivity index (χ3n) is 3.71. The average Bonchev–Trinajstić information content (AvgIpc) is 2.81. The first-order chi connectivity index (χ1) is 9.01. The summed E-state index contributed by atoms with van der Waals surface area (Å²) in [7, 11) is 0. The highest BCUT2D eigenvalue weighted by atomic mass is 35.5. The van der Waals surface area contributed by atoms with E-state index >= 15 is 0 Å². The molecule has 1 aliphatic rings. The van der Waals surface area contributed by atoms with Crippen molar-refractivity contribution < 1.29 is 4.39 Å². The summed E-state index contributed by atoms with van der Waals surface area (Å²) in [5, 5.41) is 4.87. The molecule has 1 aromatic carbocycles. The number of hydrogen-bond donors (Lipinski definition) is 1. The van der Waals surface area contributed by atoms with Crippen LogP contribution in [0.4, 0.5) is 4.39 Å². The SMILES string of the molecule is CSC1CCC(NC(C)c2cc(F)c(Cl)cc2Cl)C1. The maximum Gasteiger partial charge on any atom is 0.142 e. The molecule has 5 heteroatoms. The van der Waals surface area contributed by atoms with Crippen LogP contribution in [0, 0.1) is 5.82 Å². The Morgan fingerprint density at radius 1 is 1.32 bits per heavy atom. The van der Waals surface area contributed by atoms with Crippen LogP contribution in [0.15, 0.2) is 12.1 Å². The molecule has 1 saturated carbocycles. The maximum atomic E-state index is 13.5. The fourth-order valence-corrected chi connectivity index (χ4v) is 3.96. The van der Waals surface area contributed by atoms with Crippen LogP contribution in [0.25, 0.3) is 0 Å². The number of rotatable bonds is 4. The smallest absolute Gasteiger partial charge is 0.142 e. The van der Waals surface area contributed by atoms with Gasteiger partial charge in [0, 0.05) is 22.4 Å². The van der Waals surface area contributed by atoms with Gasteiger partial charge >= 0.3 is 0 Å². The Bertz CT molecular complexity index is 455. The van der Waals surface area contributed by atoms with E-state index in [1.165, 1.54) is 31.4 Å². The van der Waals surface area contributed by atoms with Gasteiger partial charge in [0.05, 0.1) is 5.02 Å². The number of hydrogen-bond acceptors (Lipinski definition) is 2. The standard InChI is InChI=1S/C14H18Cl2FNS/c1-8(18-9-3-4-10(5-9)19-2)11-6-14(17)13(16)7-12(11)15/h6-10,18H,3-5H2,1-2H3. The van der Waals surface area contributed by atoms with Gasteiger partial charge < -0.3 is 5.32 Å². The van der Waals surface area contributed by atoms with Crippen molar-refractivity contribution >= 4 is 35.0 Å². The molecule has 0 amide bonds. The van der Waals surface area contributed by atoms with Crippen LogP contribution in [-0.4, -0.2) is 17.5 Å². The molecule has 1 nitrogen and oxygen atoms in total. The molecule has 2 rings (SSSR count). The van der Waals surface area contributed by atoms with Crippen molar-refractivity contribution in [1.82, 2.24) is 5.32 Å². The lowest BCUT2D eigenvalue weighted by Gasteiger charge is -2.21. The number of thioether (sulfide) groups is 1. The lowest BCUT2D eigenvalue weighted by molar-refractivity contribution is 0.460. The van der Waals surface area contributed by atoms with Crippen LogP contribution in [0.5, 0.6) is 0 Å². The van der Waals surface area contributed by atoms with Crippen molar-refractivity contribution in [1.29, 1.82) is 0 Å². The quantitative estimate of drug-likeness (QED) is 0.777. The summed E-state index contributed by atoms with van der Waals surface area (Å²) in [5.74, 6) is -0.414. The summed E-state index contributed by atoms with van der Waals surface area (Å²) in [6.07, 6.45) is 5.74. The number of nitrogens with one attached hydrogen (secondary N) is 1. The van der Waals surface area contributed by atoms with Gasteiger partial charge in [-0.05, 0) is 50.1 Å². The van der Waals surface area contributed by atoms with E-state index in [-0.39, 0.29) is 11.1 Å². The Kier molecular flexibility index (Phi) is 5.41. The second-order valence-electron chi connectivity index (χ2n) is 5.04. The molecule has 1 N–H and O–H groups in total. The summed E-state index contributed by atoms with van der Waals surface area (Å²) < 4.78 is 13.5. The lowest BCUT2D eigenvalue weighted by Crippen LogP contribution is -2.29. The van der Waals surface area contributed by atoms with Crippen molar-refractivity contribution in [3.63, 3.8) is 0 Å². The van der Waals surface area contributed by atoms with Crippen molar-refractivity contribution in [2.75, 3.05) is 6.26 Å². The molecule has 0 spiro atoms. The highest BCUT2D eigenvalue weighted by molar-refractivity contribution is 7.99. The summed E-state index contributed by atoms with van der Waals surface area (Å²) in [4.78, 5) is 0. The van der Waals surface area contributed by atoms with Crippen molar-refractivity contribution in [2.45, 2.75) is 43.5 Å². The number of benzene rings is 1. The second kappa shape index (κ2) is 6.66. The summed E-state index contributed by atoms with van der Waals surface area (Å²) in [6, 6.07) is 3.43. The van der Waals surface area contributed by atoms with Gasteiger partial charge in [0.15, 0.2) is 0 Å².